The Morgan fingerprint density at radius 3 is 2.71 bits per heavy atom. The maximum atomic E-state index is 10.6. The van der Waals surface area contributed by atoms with Crippen molar-refractivity contribution in [3.8, 4) is 5.75 Å². The van der Waals surface area contributed by atoms with E-state index in [-0.39, 0.29) is 11.8 Å². The van der Waals surface area contributed by atoms with Crippen LogP contribution in [0.25, 0.3) is 0 Å². The average molecular weight is 231 g/mol. The molecule has 1 unspecified atom stereocenters. The van der Waals surface area contributed by atoms with Gasteiger partial charge < -0.3 is 5.11 Å². The van der Waals surface area contributed by atoms with Gasteiger partial charge in [-0.1, -0.05) is 31.4 Å². The molecule has 1 saturated carbocycles. The van der Waals surface area contributed by atoms with Gasteiger partial charge in [-0.25, -0.2) is 4.79 Å². The van der Waals surface area contributed by atoms with Gasteiger partial charge in [0.1, 0.15) is 5.75 Å². The molecule has 0 bridgehead atoms. The topological polar surface area (TPSA) is 49.7 Å². The van der Waals surface area contributed by atoms with Crippen LogP contribution in [-0.4, -0.2) is 11.2 Å². The molecule has 0 aromatic heterocycles. The number of hydrogen-bond donors (Lipinski definition) is 1. The lowest BCUT2D eigenvalue weighted by atomic mass is 9.81. The van der Waals surface area contributed by atoms with Crippen LogP contribution >= 0.6 is 0 Å². The third-order valence-electron chi connectivity index (χ3n) is 3.50. The van der Waals surface area contributed by atoms with Crippen LogP contribution in [0.2, 0.25) is 0 Å². The second-order valence-corrected chi connectivity index (χ2v) is 4.66. The predicted molar refractivity (Wildman–Crippen MR) is 65.5 cm³/mol. The Morgan fingerprint density at radius 2 is 2.06 bits per heavy atom. The molecule has 2 rings (SSSR count). The first kappa shape index (κ1) is 11.9. The summed E-state index contributed by atoms with van der Waals surface area (Å²) in [6.45, 7) is 0. The minimum atomic E-state index is -0.139. The molecule has 0 aliphatic heterocycles. The number of hydrogen-bond acceptors (Lipinski definition) is 3. The molecule has 0 radical (unpaired) electrons. The number of phenols is 1. The number of nitrogens with zero attached hydrogens (tertiary/aromatic N) is 1. The van der Waals surface area contributed by atoms with Crippen LogP contribution < -0.4 is 0 Å². The summed E-state index contributed by atoms with van der Waals surface area (Å²) in [6, 6.07) is 6.90. The van der Waals surface area contributed by atoms with Crippen LogP contribution in [0.15, 0.2) is 29.3 Å². The molecular weight excluding hydrogens is 214 g/mol. The number of aromatic hydroxyl groups is 1. The highest BCUT2D eigenvalue weighted by Crippen LogP contribution is 2.37. The van der Waals surface area contributed by atoms with Crippen LogP contribution in [0.3, 0.4) is 0 Å². The standard InChI is InChI=1S/C14H17NO2/c16-10-15-14(11-5-2-1-3-6-11)12-7-4-8-13(17)9-12/h4,7-9,11,14,17H,1-3,5-6H2. The zero-order valence-electron chi connectivity index (χ0n) is 9.80. The van der Waals surface area contributed by atoms with Gasteiger partial charge in [-0.15, -0.1) is 0 Å². The highest BCUT2D eigenvalue weighted by atomic mass is 16.3. The number of aliphatic imine (C=N–C) groups is 1. The number of isocyanates is 1. The molecule has 0 spiro atoms. The normalized spacial score (nSPS) is 18.4. The largest absolute Gasteiger partial charge is 0.508 e. The zero-order valence-corrected chi connectivity index (χ0v) is 9.80. The van der Waals surface area contributed by atoms with Gasteiger partial charge in [0.2, 0.25) is 6.08 Å². The third kappa shape index (κ3) is 2.95. The zero-order chi connectivity index (χ0) is 12.1. The predicted octanol–water partition coefficient (Wildman–Crippen LogP) is 3.35. The van der Waals surface area contributed by atoms with Crippen molar-refractivity contribution in [2.75, 3.05) is 0 Å². The summed E-state index contributed by atoms with van der Waals surface area (Å²) in [5.41, 5.74) is 0.917. The Labute approximate surface area is 101 Å². The third-order valence-corrected chi connectivity index (χ3v) is 3.50. The summed E-state index contributed by atoms with van der Waals surface area (Å²) in [4.78, 5) is 14.5. The van der Waals surface area contributed by atoms with Gasteiger partial charge >= 0.3 is 0 Å². The van der Waals surface area contributed by atoms with Crippen LogP contribution in [-0.2, 0) is 4.79 Å². The Hall–Kier alpha value is -1.60. The summed E-state index contributed by atoms with van der Waals surface area (Å²) in [5.74, 6) is 0.636. The molecule has 1 atom stereocenters. The second-order valence-electron chi connectivity index (χ2n) is 4.66. The fraction of sp³-hybridized carbons (Fsp3) is 0.500. The Balaban J connectivity index is 2.24. The lowest BCUT2D eigenvalue weighted by molar-refractivity contribution is 0.308. The molecule has 1 aliphatic rings. The molecule has 0 heterocycles. The molecule has 3 heteroatoms. The summed E-state index contributed by atoms with van der Waals surface area (Å²) in [5, 5.41) is 9.49. The van der Waals surface area contributed by atoms with E-state index in [1.165, 1.54) is 19.3 Å². The highest BCUT2D eigenvalue weighted by Gasteiger charge is 2.24. The molecular formula is C14H17NO2. The molecule has 3 nitrogen and oxygen atoms in total. The minimum absolute atomic E-state index is 0.139. The SMILES string of the molecule is O=C=NC(c1cccc(O)c1)C1CCCCC1. The fourth-order valence-corrected chi connectivity index (χ4v) is 2.67. The van der Waals surface area contributed by atoms with Crippen molar-refractivity contribution in [1.82, 2.24) is 0 Å². The van der Waals surface area contributed by atoms with Crippen LogP contribution in [0.5, 0.6) is 5.75 Å². The van der Waals surface area contributed by atoms with Crippen molar-refractivity contribution in [3.05, 3.63) is 29.8 Å². The fourth-order valence-electron chi connectivity index (χ4n) is 2.67. The van der Waals surface area contributed by atoms with Gasteiger partial charge in [0, 0.05) is 0 Å². The number of benzene rings is 1. The molecule has 1 aliphatic carbocycles. The van der Waals surface area contributed by atoms with E-state index in [1.54, 1.807) is 24.3 Å². The van der Waals surface area contributed by atoms with Crippen LogP contribution in [0.4, 0.5) is 0 Å². The maximum absolute atomic E-state index is 10.6. The van der Waals surface area contributed by atoms with Crippen LogP contribution in [0, 0.1) is 5.92 Å². The average Bonchev–Trinajstić information content (AvgIpc) is 2.37. The van der Waals surface area contributed by atoms with Gasteiger partial charge in [-0.05, 0) is 36.5 Å². The molecule has 1 aromatic rings. The van der Waals surface area contributed by atoms with E-state index < -0.39 is 0 Å². The van der Waals surface area contributed by atoms with E-state index in [4.69, 9.17) is 0 Å². The first-order chi connectivity index (χ1) is 8.31. The quantitative estimate of drug-likeness (QED) is 0.640. The van der Waals surface area contributed by atoms with Crippen LogP contribution in [0.1, 0.15) is 43.7 Å². The molecule has 0 saturated heterocycles. The van der Waals surface area contributed by atoms with E-state index in [0.717, 1.165) is 18.4 Å². The first-order valence-corrected chi connectivity index (χ1v) is 6.17. The first-order valence-electron chi connectivity index (χ1n) is 6.17. The van der Waals surface area contributed by atoms with Gasteiger partial charge in [0.25, 0.3) is 0 Å². The minimum Gasteiger partial charge on any atom is -0.508 e. The molecule has 1 aromatic carbocycles. The summed E-state index contributed by atoms with van der Waals surface area (Å²) in [7, 11) is 0. The van der Waals surface area contributed by atoms with Crippen molar-refractivity contribution in [2.45, 2.75) is 38.1 Å². The maximum Gasteiger partial charge on any atom is 0.235 e. The van der Waals surface area contributed by atoms with Gasteiger partial charge in [-0.2, -0.15) is 4.99 Å². The van der Waals surface area contributed by atoms with E-state index in [2.05, 4.69) is 4.99 Å². The van der Waals surface area contributed by atoms with E-state index in [0.29, 0.717) is 5.92 Å². The van der Waals surface area contributed by atoms with Crippen molar-refractivity contribution in [3.63, 3.8) is 0 Å². The van der Waals surface area contributed by atoms with Crippen molar-refractivity contribution < 1.29 is 9.90 Å². The molecule has 1 fully saturated rings. The van der Waals surface area contributed by atoms with Gasteiger partial charge in [0.15, 0.2) is 0 Å². The number of phenolic OH excluding ortho intramolecular Hbond substituents is 1. The lowest BCUT2D eigenvalue weighted by Crippen LogP contribution is -2.14. The summed E-state index contributed by atoms with van der Waals surface area (Å²) in [6.07, 6.45) is 7.56. The Bertz CT molecular complexity index is 418. The summed E-state index contributed by atoms with van der Waals surface area (Å²) < 4.78 is 0. The summed E-state index contributed by atoms with van der Waals surface area (Å²) >= 11 is 0. The lowest BCUT2D eigenvalue weighted by Gasteiger charge is -2.26. The van der Waals surface area contributed by atoms with E-state index >= 15 is 0 Å². The molecule has 17 heavy (non-hydrogen) atoms. The van der Waals surface area contributed by atoms with Crippen molar-refractivity contribution in [2.24, 2.45) is 10.9 Å². The Kier molecular flexibility index (Phi) is 3.94. The molecule has 90 valence electrons. The molecule has 0 amide bonds. The van der Waals surface area contributed by atoms with Crippen molar-refractivity contribution in [1.29, 1.82) is 0 Å². The smallest absolute Gasteiger partial charge is 0.235 e. The second kappa shape index (κ2) is 5.65. The number of rotatable bonds is 3. The molecule has 1 N–H and O–H groups in total. The monoisotopic (exact) mass is 231 g/mol. The van der Waals surface area contributed by atoms with Gasteiger partial charge in [-0.3, -0.25) is 0 Å². The Morgan fingerprint density at radius 1 is 1.29 bits per heavy atom. The highest BCUT2D eigenvalue weighted by molar-refractivity contribution is 5.37. The van der Waals surface area contributed by atoms with E-state index in [1.807, 2.05) is 6.07 Å². The number of carbonyl (C=O) groups excluding carboxylic acids is 1. The van der Waals surface area contributed by atoms with Gasteiger partial charge in [0.05, 0.1) is 6.04 Å². The van der Waals surface area contributed by atoms with E-state index in [9.17, 15) is 9.90 Å². The van der Waals surface area contributed by atoms with Crippen molar-refractivity contribution >= 4 is 6.08 Å².